The third kappa shape index (κ3) is 4.36. The Morgan fingerprint density at radius 3 is 2.78 bits per heavy atom. The van der Waals surface area contributed by atoms with E-state index in [1.165, 1.54) is 25.3 Å². The van der Waals surface area contributed by atoms with Crippen molar-refractivity contribution in [3.8, 4) is 5.75 Å². The van der Waals surface area contributed by atoms with Crippen LogP contribution in [0.3, 0.4) is 0 Å². The summed E-state index contributed by atoms with van der Waals surface area (Å²) in [5.74, 6) is -1.40. The number of aromatic nitrogens is 1. The Kier molecular flexibility index (Phi) is 5.07. The molecule has 120 valence electrons. The van der Waals surface area contributed by atoms with Crippen LogP contribution in [0, 0.1) is 15.9 Å². The van der Waals surface area contributed by atoms with Crippen LogP contribution in [0.25, 0.3) is 0 Å². The summed E-state index contributed by atoms with van der Waals surface area (Å²) in [6.07, 6.45) is 0.244. The molecule has 0 saturated carbocycles. The molecule has 2 aromatic rings. The number of hydrogen-bond acceptors (Lipinski definition) is 5. The molecule has 1 aromatic carbocycles. The highest BCUT2D eigenvalue weighted by molar-refractivity contribution is 6.30. The maximum absolute atomic E-state index is 13.2. The molecule has 7 nitrogen and oxygen atoms in total. The Bertz CT molecular complexity index is 739. The van der Waals surface area contributed by atoms with Gasteiger partial charge in [-0.15, -0.1) is 0 Å². The van der Waals surface area contributed by atoms with Crippen molar-refractivity contribution < 1.29 is 18.8 Å². The van der Waals surface area contributed by atoms with Crippen molar-refractivity contribution in [2.24, 2.45) is 0 Å². The summed E-state index contributed by atoms with van der Waals surface area (Å²) in [5, 5.41) is 13.7. The molecule has 0 aliphatic heterocycles. The molecule has 1 N–H and O–H groups in total. The first-order valence-electron chi connectivity index (χ1n) is 6.40. The maximum Gasteiger partial charge on any atom is 0.311 e. The fraction of sp³-hybridized carbons (Fsp3) is 0.143. The monoisotopic (exact) mass is 339 g/mol. The van der Waals surface area contributed by atoms with E-state index in [-0.39, 0.29) is 11.6 Å². The minimum Gasteiger partial charge on any atom is -0.474 e. The average Bonchev–Trinajstić information content (AvgIpc) is 2.49. The summed E-state index contributed by atoms with van der Waals surface area (Å²) >= 11 is 5.68. The lowest BCUT2D eigenvalue weighted by molar-refractivity contribution is -0.386. The number of carbonyl (C=O) groups excluding carboxylic acids is 1. The zero-order valence-electron chi connectivity index (χ0n) is 11.8. The third-order valence-electron chi connectivity index (χ3n) is 2.77. The number of benzene rings is 1. The lowest BCUT2D eigenvalue weighted by Crippen LogP contribution is -2.30. The highest BCUT2D eigenvalue weighted by Crippen LogP contribution is 2.28. The molecule has 0 unspecified atom stereocenters. The van der Waals surface area contributed by atoms with Gasteiger partial charge in [-0.25, -0.2) is 9.37 Å². The molecule has 0 aliphatic carbocycles. The molecule has 0 bridgehead atoms. The second kappa shape index (κ2) is 7.01. The topological polar surface area (TPSA) is 94.4 Å². The largest absolute Gasteiger partial charge is 0.474 e. The van der Waals surface area contributed by atoms with E-state index in [1.54, 1.807) is 0 Å². The van der Waals surface area contributed by atoms with Gasteiger partial charge in [0.2, 0.25) is 5.75 Å². The third-order valence-corrected chi connectivity index (χ3v) is 2.99. The van der Waals surface area contributed by atoms with E-state index in [1.807, 2.05) is 0 Å². The molecule has 0 radical (unpaired) electrons. The van der Waals surface area contributed by atoms with Gasteiger partial charge in [-0.3, -0.25) is 14.9 Å². The van der Waals surface area contributed by atoms with Crippen molar-refractivity contribution in [1.82, 2.24) is 4.98 Å². The van der Waals surface area contributed by atoms with Crippen molar-refractivity contribution in [3.63, 3.8) is 0 Å². The van der Waals surface area contributed by atoms with Crippen LogP contribution < -0.4 is 10.1 Å². The van der Waals surface area contributed by atoms with Crippen LogP contribution >= 0.6 is 11.6 Å². The standard InChI is InChI=1S/C14H11ClFN3O4/c1-8(14(20)18-13-5-2-9(15)7-17-13)23-12-6-10(16)3-4-11(12)19(21)22/h2-8H,1H3,(H,17,18,20)/t8-/m0/s1. The normalized spacial score (nSPS) is 11.6. The number of hydrogen-bond donors (Lipinski definition) is 1. The van der Waals surface area contributed by atoms with Gasteiger partial charge in [-0.2, -0.15) is 0 Å². The van der Waals surface area contributed by atoms with Gasteiger partial charge in [0.25, 0.3) is 5.91 Å². The number of amides is 1. The van der Waals surface area contributed by atoms with Gasteiger partial charge in [-0.1, -0.05) is 11.6 Å². The molecule has 9 heteroatoms. The number of nitro groups is 1. The Hall–Kier alpha value is -2.74. The number of ether oxygens (including phenoxy) is 1. The fourth-order valence-corrected chi connectivity index (χ4v) is 1.77. The lowest BCUT2D eigenvalue weighted by atomic mass is 10.2. The summed E-state index contributed by atoms with van der Waals surface area (Å²) in [7, 11) is 0. The van der Waals surface area contributed by atoms with Gasteiger partial charge in [-0.05, 0) is 25.1 Å². The molecule has 0 aliphatic rings. The predicted octanol–water partition coefficient (Wildman–Crippen LogP) is 3.19. The van der Waals surface area contributed by atoms with Crippen LogP contribution in [0.4, 0.5) is 15.9 Å². The van der Waals surface area contributed by atoms with Gasteiger partial charge >= 0.3 is 5.69 Å². The smallest absolute Gasteiger partial charge is 0.311 e. The molecule has 1 atom stereocenters. The van der Waals surface area contributed by atoms with Crippen molar-refractivity contribution in [3.05, 3.63) is 57.5 Å². The van der Waals surface area contributed by atoms with Crippen LogP contribution in [-0.2, 0) is 4.79 Å². The van der Waals surface area contributed by atoms with E-state index in [9.17, 15) is 19.3 Å². The fourth-order valence-electron chi connectivity index (χ4n) is 1.65. The van der Waals surface area contributed by atoms with E-state index >= 15 is 0 Å². The molecular formula is C14H11ClFN3O4. The molecule has 0 fully saturated rings. The van der Waals surface area contributed by atoms with Crippen molar-refractivity contribution >= 4 is 29.0 Å². The van der Waals surface area contributed by atoms with Crippen LogP contribution in [0.1, 0.15) is 6.92 Å². The van der Waals surface area contributed by atoms with Crippen molar-refractivity contribution in [1.29, 1.82) is 0 Å². The van der Waals surface area contributed by atoms with Crippen LogP contribution in [0.15, 0.2) is 36.5 Å². The van der Waals surface area contributed by atoms with Gasteiger partial charge < -0.3 is 10.1 Å². The zero-order chi connectivity index (χ0) is 17.0. The minimum atomic E-state index is -1.10. The molecule has 1 heterocycles. The molecule has 0 spiro atoms. The lowest BCUT2D eigenvalue weighted by Gasteiger charge is -2.14. The maximum atomic E-state index is 13.2. The Labute approximate surface area is 135 Å². The first kappa shape index (κ1) is 16.6. The highest BCUT2D eigenvalue weighted by atomic mass is 35.5. The first-order valence-corrected chi connectivity index (χ1v) is 6.77. The number of anilines is 1. The highest BCUT2D eigenvalue weighted by Gasteiger charge is 2.22. The minimum absolute atomic E-state index is 0.239. The van der Waals surface area contributed by atoms with E-state index in [2.05, 4.69) is 10.3 Å². The van der Waals surface area contributed by atoms with E-state index in [4.69, 9.17) is 16.3 Å². The average molecular weight is 340 g/mol. The number of nitrogens with one attached hydrogen (secondary N) is 1. The molecular weight excluding hydrogens is 329 g/mol. The summed E-state index contributed by atoms with van der Waals surface area (Å²) in [4.78, 5) is 26.0. The summed E-state index contributed by atoms with van der Waals surface area (Å²) in [6, 6.07) is 5.77. The van der Waals surface area contributed by atoms with E-state index in [0.29, 0.717) is 5.02 Å². The number of pyridine rings is 1. The van der Waals surface area contributed by atoms with Crippen molar-refractivity contribution in [2.45, 2.75) is 13.0 Å². The molecule has 1 aromatic heterocycles. The summed E-state index contributed by atoms with van der Waals surface area (Å²) in [6.45, 7) is 1.37. The second-order valence-corrected chi connectivity index (χ2v) is 4.92. The Morgan fingerprint density at radius 2 is 2.17 bits per heavy atom. The quantitative estimate of drug-likeness (QED) is 0.666. The van der Waals surface area contributed by atoms with Gasteiger partial charge in [0.15, 0.2) is 6.10 Å². The van der Waals surface area contributed by atoms with Gasteiger partial charge in [0.1, 0.15) is 11.6 Å². The van der Waals surface area contributed by atoms with Crippen molar-refractivity contribution in [2.75, 3.05) is 5.32 Å². The van der Waals surface area contributed by atoms with Crippen LogP contribution in [0.5, 0.6) is 5.75 Å². The number of carbonyl (C=O) groups is 1. The SMILES string of the molecule is C[C@H](Oc1cc(F)ccc1[N+](=O)[O-])C(=O)Nc1ccc(Cl)cn1. The van der Waals surface area contributed by atoms with Gasteiger partial charge in [0.05, 0.1) is 9.95 Å². The number of nitro benzene ring substituents is 1. The zero-order valence-corrected chi connectivity index (χ0v) is 12.6. The second-order valence-electron chi connectivity index (χ2n) is 4.48. The Morgan fingerprint density at radius 1 is 1.43 bits per heavy atom. The number of nitrogens with zero attached hydrogens (tertiary/aromatic N) is 2. The number of rotatable bonds is 5. The molecule has 2 rings (SSSR count). The summed E-state index contributed by atoms with van der Waals surface area (Å²) < 4.78 is 18.4. The van der Waals surface area contributed by atoms with E-state index < -0.39 is 28.4 Å². The molecule has 23 heavy (non-hydrogen) atoms. The van der Waals surface area contributed by atoms with Gasteiger partial charge in [0, 0.05) is 18.3 Å². The number of halogens is 2. The Balaban J connectivity index is 2.10. The van der Waals surface area contributed by atoms with Crippen LogP contribution in [0.2, 0.25) is 5.02 Å². The predicted molar refractivity (Wildman–Crippen MR) is 81.0 cm³/mol. The van der Waals surface area contributed by atoms with Crippen LogP contribution in [-0.4, -0.2) is 21.9 Å². The molecule has 0 saturated heterocycles. The molecule has 1 amide bonds. The summed E-state index contributed by atoms with van der Waals surface area (Å²) in [5.41, 5.74) is -0.435. The first-order chi connectivity index (χ1) is 10.9. The van der Waals surface area contributed by atoms with E-state index in [0.717, 1.165) is 18.2 Å².